The molecule has 0 radical (unpaired) electrons. The van der Waals surface area contributed by atoms with E-state index in [0.29, 0.717) is 56.2 Å². The van der Waals surface area contributed by atoms with Gasteiger partial charge in [0.25, 0.3) is 11.8 Å². The summed E-state index contributed by atoms with van der Waals surface area (Å²) in [5, 5.41) is 2.89. The summed E-state index contributed by atoms with van der Waals surface area (Å²) < 4.78 is 16.2. The van der Waals surface area contributed by atoms with Crippen molar-refractivity contribution in [1.29, 1.82) is 0 Å². The molecule has 0 aliphatic carbocycles. The molecule has 132 valence electrons. The van der Waals surface area contributed by atoms with Gasteiger partial charge in [-0.2, -0.15) is 0 Å². The number of morpholine rings is 1. The van der Waals surface area contributed by atoms with Gasteiger partial charge in [0.2, 0.25) is 0 Å². The Morgan fingerprint density at radius 3 is 3.04 bits per heavy atom. The normalized spacial score (nSPS) is 23.4. The first-order valence-corrected chi connectivity index (χ1v) is 8.19. The fraction of sp³-hybridized carbons (Fsp3) is 0.647. The zero-order valence-electron chi connectivity index (χ0n) is 14.4. The van der Waals surface area contributed by atoms with Crippen LogP contribution in [0.2, 0.25) is 0 Å². The second kappa shape index (κ2) is 6.57. The Balaban J connectivity index is 1.91. The van der Waals surface area contributed by atoms with Gasteiger partial charge in [0.15, 0.2) is 0 Å². The number of amides is 2. The van der Waals surface area contributed by atoms with E-state index in [-0.39, 0.29) is 23.3 Å². The number of hydrogen-bond donors (Lipinski definition) is 1. The molecule has 7 heteroatoms. The lowest BCUT2D eigenvalue weighted by atomic mass is 9.88. The predicted octanol–water partition coefficient (Wildman–Crippen LogP) is 1.08. The molecule has 1 fully saturated rings. The zero-order chi connectivity index (χ0) is 17.3. The molecule has 1 unspecified atom stereocenters. The van der Waals surface area contributed by atoms with E-state index in [1.54, 1.807) is 12.0 Å². The largest absolute Gasteiger partial charge is 0.468 e. The van der Waals surface area contributed by atoms with E-state index in [1.807, 2.05) is 0 Å². The maximum absolute atomic E-state index is 13.0. The van der Waals surface area contributed by atoms with Gasteiger partial charge in [-0.15, -0.1) is 0 Å². The maximum atomic E-state index is 13.0. The number of rotatable bonds is 3. The van der Waals surface area contributed by atoms with Gasteiger partial charge >= 0.3 is 0 Å². The monoisotopic (exact) mass is 336 g/mol. The second-order valence-corrected chi connectivity index (χ2v) is 7.15. The lowest BCUT2D eigenvalue weighted by Gasteiger charge is -2.35. The molecule has 2 aliphatic heterocycles. The van der Waals surface area contributed by atoms with Crippen molar-refractivity contribution in [2.45, 2.75) is 26.3 Å². The number of ether oxygens (including phenoxy) is 2. The van der Waals surface area contributed by atoms with Gasteiger partial charge in [0.05, 0.1) is 37.0 Å². The smallest absolute Gasteiger partial charge is 0.258 e. The first kappa shape index (κ1) is 17.0. The second-order valence-electron chi connectivity index (χ2n) is 7.15. The molecule has 0 aromatic carbocycles. The molecular weight excluding hydrogens is 312 g/mol. The first-order chi connectivity index (χ1) is 11.4. The molecule has 3 heterocycles. The molecule has 2 aliphatic rings. The fourth-order valence-corrected chi connectivity index (χ4v) is 3.25. The van der Waals surface area contributed by atoms with Gasteiger partial charge in [-0.3, -0.25) is 9.59 Å². The number of methoxy groups -OCH3 is 1. The summed E-state index contributed by atoms with van der Waals surface area (Å²) in [6.07, 6.45) is 2.02. The Morgan fingerprint density at radius 1 is 1.50 bits per heavy atom. The van der Waals surface area contributed by atoms with E-state index in [1.165, 1.54) is 6.26 Å². The van der Waals surface area contributed by atoms with E-state index in [0.717, 1.165) is 0 Å². The van der Waals surface area contributed by atoms with Crippen LogP contribution in [0.4, 0.5) is 0 Å². The molecule has 1 aromatic rings. The van der Waals surface area contributed by atoms with Crippen molar-refractivity contribution in [2.75, 3.05) is 40.0 Å². The summed E-state index contributed by atoms with van der Waals surface area (Å²) in [6, 6.07) is -0.160. The highest BCUT2D eigenvalue weighted by atomic mass is 16.5. The number of carbonyl (C=O) groups is 2. The average molecular weight is 336 g/mol. The molecule has 3 rings (SSSR count). The van der Waals surface area contributed by atoms with Crippen LogP contribution >= 0.6 is 0 Å². The Bertz CT molecular complexity index is 635. The molecule has 1 aromatic heterocycles. The lowest BCUT2D eigenvalue weighted by Crippen LogP contribution is -2.51. The van der Waals surface area contributed by atoms with Crippen LogP contribution in [-0.4, -0.2) is 62.8 Å². The minimum Gasteiger partial charge on any atom is -0.468 e. The van der Waals surface area contributed by atoms with Crippen LogP contribution in [0.25, 0.3) is 0 Å². The highest BCUT2D eigenvalue weighted by molar-refractivity contribution is 6.08. The van der Waals surface area contributed by atoms with Crippen LogP contribution in [-0.2, 0) is 15.9 Å². The molecule has 7 nitrogen and oxygen atoms in total. The van der Waals surface area contributed by atoms with E-state index in [4.69, 9.17) is 13.9 Å². The van der Waals surface area contributed by atoms with Crippen LogP contribution < -0.4 is 5.32 Å². The summed E-state index contributed by atoms with van der Waals surface area (Å²) in [6.45, 7) is 6.44. The van der Waals surface area contributed by atoms with Crippen molar-refractivity contribution in [3.63, 3.8) is 0 Å². The summed E-state index contributed by atoms with van der Waals surface area (Å²) in [4.78, 5) is 27.2. The number of nitrogens with one attached hydrogen (secondary N) is 1. The minimum atomic E-state index is -0.246. The Morgan fingerprint density at radius 2 is 2.29 bits per heavy atom. The maximum Gasteiger partial charge on any atom is 0.258 e. The number of hydrogen-bond acceptors (Lipinski definition) is 5. The highest BCUT2D eigenvalue weighted by Crippen LogP contribution is 2.30. The Kier molecular flexibility index (Phi) is 4.64. The molecule has 1 atom stereocenters. The highest BCUT2D eigenvalue weighted by Gasteiger charge is 2.36. The van der Waals surface area contributed by atoms with E-state index >= 15 is 0 Å². The van der Waals surface area contributed by atoms with Crippen LogP contribution in [0.5, 0.6) is 0 Å². The van der Waals surface area contributed by atoms with Gasteiger partial charge in [0, 0.05) is 26.6 Å². The number of fused-ring (bicyclic) bond motifs is 1. The molecule has 0 saturated carbocycles. The van der Waals surface area contributed by atoms with Crippen molar-refractivity contribution in [2.24, 2.45) is 5.41 Å². The summed E-state index contributed by atoms with van der Waals surface area (Å²) in [5.74, 6) is 0.124. The zero-order valence-corrected chi connectivity index (χ0v) is 14.4. The van der Waals surface area contributed by atoms with E-state index in [9.17, 15) is 9.59 Å². The van der Waals surface area contributed by atoms with Gasteiger partial charge in [-0.1, -0.05) is 13.8 Å². The van der Waals surface area contributed by atoms with Gasteiger partial charge in [-0.25, -0.2) is 0 Å². The fourth-order valence-electron chi connectivity index (χ4n) is 3.25. The number of carbonyl (C=O) groups excluding carboxylic acids is 2. The predicted molar refractivity (Wildman–Crippen MR) is 86.0 cm³/mol. The summed E-state index contributed by atoms with van der Waals surface area (Å²) in [5.41, 5.74) is 0.577. The quantitative estimate of drug-likeness (QED) is 0.893. The average Bonchev–Trinajstić information content (AvgIpc) is 2.91. The first-order valence-electron chi connectivity index (χ1n) is 8.19. The third-order valence-corrected chi connectivity index (χ3v) is 4.54. The van der Waals surface area contributed by atoms with Crippen molar-refractivity contribution in [3.05, 3.63) is 23.2 Å². The van der Waals surface area contributed by atoms with Crippen LogP contribution in [0.3, 0.4) is 0 Å². The van der Waals surface area contributed by atoms with Gasteiger partial charge < -0.3 is 24.1 Å². The Hall–Kier alpha value is -1.86. The lowest BCUT2D eigenvalue weighted by molar-refractivity contribution is -0.0252. The standard InChI is InChI=1S/C17H24N2O5/c1-17(2)6-13-14(15(20)18-10-17)12(9-24-13)16(21)19-4-5-23-8-11(19)7-22-3/h9,11H,4-8,10H2,1-3H3,(H,18,20). The summed E-state index contributed by atoms with van der Waals surface area (Å²) >= 11 is 0. The molecule has 1 N–H and O–H groups in total. The topological polar surface area (TPSA) is 81.0 Å². The SMILES string of the molecule is COCC1COCCN1C(=O)c1coc2c1C(=O)NCC(C)(C)C2. The third-order valence-electron chi connectivity index (χ3n) is 4.54. The van der Waals surface area contributed by atoms with Crippen LogP contribution in [0.1, 0.15) is 40.3 Å². The van der Waals surface area contributed by atoms with Crippen LogP contribution in [0, 0.1) is 5.41 Å². The minimum absolute atomic E-state index is 0.114. The molecule has 2 amide bonds. The van der Waals surface area contributed by atoms with Crippen LogP contribution in [0.15, 0.2) is 10.7 Å². The van der Waals surface area contributed by atoms with Crippen molar-refractivity contribution < 1.29 is 23.5 Å². The van der Waals surface area contributed by atoms with Gasteiger partial charge in [0.1, 0.15) is 12.0 Å². The summed E-state index contributed by atoms with van der Waals surface area (Å²) in [7, 11) is 1.59. The van der Waals surface area contributed by atoms with Crippen molar-refractivity contribution in [3.8, 4) is 0 Å². The third kappa shape index (κ3) is 3.18. The van der Waals surface area contributed by atoms with Crippen molar-refractivity contribution in [1.82, 2.24) is 10.2 Å². The molecule has 24 heavy (non-hydrogen) atoms. The molecule has 1 saturated heterocycles. The number of furan rings is 1. The van der Waals surface area contributed by atoms with Gasteiger partial charge in [-0.05, 0) is 5.41 Å². The Labute approximate surface area is 141 Å². The molecule has 0 spiro atoms. The molecule has 0 bridgehead atoms. The van der Waals surface area contributed by atoms with Crippen molar-refractivity contribution >= 4 is 11.8 Å². The van der Waals surface area contributed by atoms with E-state index in [2.05, 4.69) is 19.2 Å². The van der Waals surface area contributed by atoms with E-state index < -0.39 is 0 Å². The molecular formula is C17H24N2O5. The number of nitrogens with zero attached hydrogens (tertiary/aromatic N) is 1.